The van der Waals surface area contributed by atoms with E-state index >= 15 is 0 Å². The fourth-order valence-electron chi connectivity index (χ4n) is 2.62. The minimum atomic E-state index is -0.0602. The molecule has 0 spiro atoms. The van der Waals surface area contributed by atoms with Crippen LogP contribution in [-0.4, -0.2) is 30.7 Å². The molecule has 0 aromatic heterocycles. The van der Waals surface area contributed by atoms with Gasteiger partial charge in [0.2, 0.25) is 0 Å². The number of para-hydroxylation sites is 1. The van der Waals surface area contributed by atoms with Crippen LogP contribution in [0.25, 0.3) is 0 Å². The summed E-state index contributed by atoms with van der Waals surface area (Å²) in [5.41, 5.74) is 0.838. The number of rotatable bonds is 12. The van der Waals surface area contributed by atoms with E-state index in [1.54, 1.807) is 20.3 Å². The summed E-state index contributed by atoms with van der Waals surface area (Å²) in [4.78, 5) is 0. The zero-order valence-corrected chi connectivity index (χ0v) is 13.9. The van der Waals surface area contributed by atoms with Crippen molar-refractivity contribution in [2.45, 2.75) is 64.1 Å². The molecule has 1 rings (SSSR count). The lowest BCUT2D eigenvalue weighted by atomic mass is 10.0. The van der Waals surface area contributed by atoms with E-state index in [1.807, 2.05) is 6.07 Å². The highest BCUT2D eigenvalue weighted by atomic mass is 16.7. The van der Waals surface area contributed by atoms with Crippen molar-refractivity contribution in [3.63, 3.8) is 0 Å². The third-order valence-corrected chi connectivity index (χ3v) is 4.01. The molecule has 0 unspecified atom stereocenters. The van der Waals surface area contributed by atoms with Crippen LogP contribution in [0.5, 0.6) is 11.5 Å². The third-order valence-electron chi connectivity index (χ3n) is 4.01. The molecule has 4 nitrogen and oxygen atoms in total. The van der Waals surface area contributed by atoms with Crippen LogP contribution in [0.2, 0.25) is 0 Å². The van der Waals surface area contributed by atoms with Gasteiger partial charge < -0.3 is 19.7 Å². The monoisotopic (exact) mass is 310 g/mol. The summed E-state index contributed by atoms with van der Waals surface area (Å²) in [7, 11) is 3.36. The largest absolute Gasteiger partial charge is 0.504 e. The Kier molecular flexibility index (Phi) is 9.67. The highest BCUT2D eigenvalue weighted by Gasteiger charge is 2.05. The normalized spacial score (nSPS) is 11.2. The summed E-state index contributed by atoms with van der Waals surface area (Å²) in [6, 6.07) is 5.16. The number of unbranched alkanes of at least 4 members (excludes halogenated alkanes) is 6. The Labute approximate surface area is 134 Å². The zero-order valence-electron chi connectivity index (χ0n) is 13.9. The number of aromatic hydroxyl groups is 2. The SMILES string of the molecule is COC(CCCCCCCCCc1cccc(O)c1O)OC. The quantitative estimate of drug-likeness (QED) is 0.342. The molecule has 4 heteroatoms. The van der Waals surface area contributed by atoms with Crippen molar-refractivity contribution in [3.8, 4) is 11.5 Å². The van der Waals surface area contributed by atoms with Crippen molar-refractivity contribution >= 4 is 0 Å². The maximum Gasteiger partial charge on any atom is 0.160 e. The molecule has 0 aliphatic carbocycles. The van der Waals surface area contributed by atoms with Crippen LogP contribution < -0.4 is 0 Å². The van der Waals surface area contributed by atoms with Crippen molar-refractivity contribution in [3.05, 3.63) is 23.8 Å². The Bertz CT molecular complexity index is 402. The summed E-state index contributed by atoms with van der Waals surface area (Å²) in [6.45, 7) is 0. The molecule has 0 saturated heterocycles. The summed E-state index contributed by atoms with van der Waals surface area (Å²) >= 11 is 0. The van der Waals surface area contributed by atoms with E-state index in [4.69, 9.17) is 9.47 Å². The van der Waals surface area contributed by atoms with Crippen molar-refractivity contribution in [1.82, 2.24) is 0 Å². The first-order valence-electron chi connectivity index (χ1n) is 8.24. The van der Waals surface area contributed by atoms with Gasteiger partial charge in [-0.3, -0.25) is 0 Å². The Morgan fingerprint density at radius 2 is 1.45 bits per heavy atom. The van der Waals surface area contributed by atoms with E-state index in [9.17, 15) is 10.2 Å². The van der Waals surface area contributed by atoms with Gasteiger partial charge in [0.25, 0.3) is 0 Å². The first-order chi connectivity index (χ1) is 10.7. The van der Waals surface area contributed by atoms with Crippen molar-refractivity contribution in [2.24, 2.45) is 0 Å². The number of phenolic OH excluding ortho intramolecular Hbond substituents is 2. The first-order valence-corrected chi connectivity index (χ1v) is 8.24. The number of aryl methyl sites for hydroxylation is 1. The van der Waals surface area contributed by atoms with Crippen LogP contribution in [0.1, 0.15) is 56.9 Å². The average Bonchev–Trinajstić information content (AvgIpc) is 2.53. The molecular formula is C18H30O4. The number of phenols is 2. The van der Waals surface area contributed by atoms with Gasteiger partial charge in [0.15, 0.2) is 17.8 Å². The van der Waals surface area contributed by atoms with Crippen LogP contribution in [0.3, 0.4) is 0 Å². The number of hydrogen-bond donors (Lipinski definition) is 2. The maximum absolute atomic E-state index is 9.71. The summed E-state index contributed by atoms with van der Waals surface area (Å²) in [5, 5.41) is 19.1. The molecule has 0 saturated carbocycles. The summed E-state index contributed by atoms with van der Waals surface area (Å²) < 4.78 is 10.3. The molecule has 0 bridgehead atoms. The van der Waals surface area contributed by atoms with Crippen molar-refractivity contribution in [1.29, 1.82) is 0 Å². The molecule has 0 aliphatic rings. The predicted molar refractivity (Wildman–Crippen MR) is 88.2 cm³/mol. The molecule has 0 radical (unpaired) electrons. The molecule has 0 atom stereocenters. The standard InChI is InChI=1S/C18H30O4/c1-21-17(22-2)14-9-7-5-3-4-6-8-11-15-12-10-13-16(19)18(15)20/h10,12-13,17,19-20H,3-9,11,14H2,1-2H3. The smallest absolute Gasteiger partial charge is 0.160 e. The molecule has 2 N–H and O–H groups in total. The maximum atomic E-state index is 9.71. The molecule has 1 aromatic rings. The zero-order chi connectivity index (χ0) is 16.2. The van der Waals surface area contributed by atoms with E-state index in [1.165, 1.54) is 31.7 Å². The lowest BCUT2D eigenvalue weighted by Crippen LogP contribution is -2.12. The minimum Gasteiger partial charge on any atom is -0.504 e. The van der Waals surface area contributed by atoms with Crippen LogP contribution in [0.15, 0.2) is 18.2 Å². The van der Waals surface area contributed by atoms with E-state index in [0.29, 0.717) is 0 Å². The third kappa shape index (κ3) is 7.14. The Morgan fingerprint density at radius 1 is 0.864 bits per heavy atom. The van der Waals surface area contributed by atoms with Gasteiger partial charge in [-0.2, -0.15) is 0 Å². The number of methoxy groups -OCH3 is 2. The molecule has 0 heterocycles. The fraction of sp³-hybridized carbons (Fsp3) is 0.667. The van der Waals surface area contributed by atoms with Gasteiger partial charge in [-0.1, -0.05) is 44.2 Å². The number of ether oxygens (including phenoxy) is 2. The van der Waals surface area contributed by atoms with E-state index in [0.717, 1.165) is 37.7 Å². The Morgan fingerprint density at radius 3 is 2.09 bits per heavy atom. The van der Waals surface area contributed by atoms with Gasteiger partial charge >= 0.3 is 0 Å². The molecule has 22 heavy (non-hydrogen) atoms. The Hall–Kier alpha value is -1.26. The first kappa shape index (κ1) is 18.8. The molecular weight excluding hydrogens is 280 g/mol. The lowest BCUT2D eigenvalue weighted by Gasteiger charge is -2.12. The minimum absolute atomic E-state index is 0.0251. The lowest BCUT2D eigenvalue weighted by molar-refractivity contribution is -0.107. The second kappa shape index (κ2) is 11.3. The fourth-order valence-corrected chi connectivity index (χ4v) is 2.62. The van der Waals surface area contributed by atoms with Crippen LogP contribution in [-0.2, 0) is 15.9 Å². The van der Waals surface area contributed by atoms with E-state index in [2.05, 4.69) is 0 Å². The Balaban J connectivity index is 1.99. The topological polar surface area (TPSA) is 58.9 Å². The van der Waals surface area contributed by atoms with Gasteiger partial charge in [0.05, 0.1) is 0 Å². The second-order valence-electron chi connectivity index (χ2n) is 5.70. The van der Waals surface area contributed by atoms with E-state index in [-0.39, 0.29) is 17.8 Å². The van der Waals surface area contributed by atoms with Crippen LogP contribution in [0, 0.1) is 0 Å². The van der Waals surface area contributed by atoms with Gasteiger partial charge in [-0.25, -0.2) is 0 Å². The van der Waals surface area contributed by atoms with Gasteiger partial charge in [0, 0.05) is 14.2 Å². The summed E-state index contributed by atoms with van der Waals surface area (Å²) in [5.74, 6) is 0.0104. The van der Waals surface area contributed by atoms with E-state index < -0.39 is 0 Å². The molecule has 0 amide bonds. The second-order valence-corrected chi connectivity index (χ2v) is 5.70. The van der Waals surface area contributed by atoms with Gasteiger partial charge in [-0.05, 0) is 37.3 Å². The molecule has 0 aliphatic heterocycles. The summed E-state index contributed by atoms with van der Waals surface area (Å²) in [6.07, 6.45) is 10.0. The highest BCUT2D eigenvalue weighted by Crippen LogP contribution is 2.29. The van der Waals surface area contributed by atoms with Crippen LogP contribution >= 0.6 is 0 Å². The average molecular weight is 310 g/mol. The van der Waals surface area contributed by atoms with Crippen molar-refractivity contribution in [2.75, 3.05) is 14.2 Å². The van der Waals surface area contributed by atoms with Gasteiger partial charge in [-0.15, -0.1) is 0 Å². The van der Waals surface area contributed by atoms with Gasteiger partial charge in [0.1, 0.15) is 0 Å². The highest BCUT2D eigenvalue weighted by molar-refractivity contribution is 5.44. The number of hydrogen-bond acceptors (Lipinski definition) is 4. The molecule has 126 valence electrons. The number of benzene rings is 1. The van der Waals surface area contributed by atoms with Crippen molar-refractivity contribution < 1.29 is 19.7 Å². The molecule has 0 fully saturated rings. The molecule has 1 aromatic carbocycles. The predicted octanol–water partition coefficient (Wildman–Crippen LogP) is 4.38. The van der Waals surface area contributed by atoms with Crippen LogP contribution in [0.4, 0.5) is 0 Å².